The molecule has 2 saturated heterocycles. The number of hydrogen-bond donors (Lipinski definition) is 3. The Morgan fingerprint density at radius 1 is 1.20 bits per heavy atom. The molecule has 0 bridgehead atoms. The molecule has 3 aliphatic heterocycles. The second-order valence-corrected chi connectivity index (χ2v) is 9.81. The number of nitrogens with zero attached hydrogens (tertiary/aromatic N) is 1. The van der Waals surface area contributed by atoms with Gasteiger partial charge in [0.05, 0.1) is 0 Å². The Hall–Kier alpha value is -2.25. The molecule has 4 unspecified atom stereocenters. The van der Waals surface area contributed by atoms with Gasteiger partial charge in [0.2, 0.25) is 11.8 Å². The third kappa shape index (κ3) is 3.06. The van der Waals surface area contributed by atoms with E-state index < -0.39 is 6.04 Å². The van der Waals surface area contributed by atoms with E-state index in [4.69, 9.17) is 0 Å². The van der Waals surface area contributed by atoms with Crippen LogP contribution in [0.4, 0.5) is 0 Å². The zero-order valence-corrected chi connectivity index (χ0v) is 17.7. The molecule has 7 nitrogen and oxygen atoms in total. The van der Waals surface area contributed by atoms with Crippen molar-refractivity contribution in [1.29, 1.82) is 0 Å². The van der Waals surface area contributed by atoms with Crippen LogP contribution in [0.5, 0.6) is 0 Å². The van der Waals surface area contributed by atoms with Crippen LogP contribution >= 0.6 is 0 Å². The molecule has 5 rings (SSSR count). The Kier molecular flexibility index (Phi) is 4.71. The number of rotatable bonds is 4. The molecule has 0 aromatic heterocycles. The monoisotopic (exact) mass is 410 g/mol. The number of nitrogens with one attached hydrogen (secondary N) is 3. The average Bonchev–Trinajstić information content (AvgIpc) is 3.04. The van der Waals surface area contributed by atoms with Gasteiger partial charge in [0, 0.05) is 37.2 Å². The van der Waals surface area contributed by atoms with E-state index in [1.54, 1.807) is 4.90 Å². The molecule has 4 atom stereocenters. The predicted molar refractivity (Wildman–Crippen MR) is 111 cm³/mol. The Morgan fingerprint density at radius 3 is 2.83 bits per heavy atom. The summed E-state index contributed by atoms with van der Waals surface area (Å²) in [4.78, 5) is 38.2. The van der Waals surface area contributed by atoms with E-state index in [0.29, 0.717) is 36.5 Å². The molecule has 1 aliphatic carbocycles. The van der Waals surface area contributed by atoms with Crippen LogP contribution in [0.2, 0.25) is 0 Å². The van der Waals surface area contributed by atoms with E-state index >= 15 is 0 Å². The summed E-state index contributed by atoms with van der Waals surface area (Å²) < 4.78 is 0. The summed E-state index contributed by atoms with van der Waals surface area (Å²) in [6.45, 7) is 6.94. The average molecular weight is 411 g/mol. The fourth-order valence-electron chi connectivity index (χ4n) is 6.07. The van der Waals surface area contributed by atoms with Crippen molar-refractivity contribution in [2.75, 3.05) is 6.54 Å². The minimum atomic E-state index is -0.560. The number of carbonyl (C=O) groups is 3. The van der Waals surface area contributed by atoms with Gasteiger partial charge in [0.15, 0.2) is 0 Å². The smallest absolute Gasteiger partial charge is 0.255 e. The molecule has 3 amide bonds. The van der Waals surface area contributed by atoms with Crippen LogP contribution < -0.4 is 16.0 Å². The molecule has 30 heavy (non-hydrogen) atoms. The SMILES string of the molecule is CC1(C)C2NCCCC2C1NCc1ccc2c(c1)C(=O)N(C1CCC(=O)NC1=O)C2. The van der Waals surface area contributed by atoms with E-state index in [1.807, 2.05) is 12.1 Å². The molecule has 1 aromatic rings. The molecular formula is C23H30N4O3. The van der Waals surface area contributed by atoms with E-state index in [2.05, 4.69) is 35.9 Å². The molecular weight excluding hydrogens is 380 g/mol. The van der Waals surface area contributed by atoms with Crippen molar-refractivity contribution in [1.82, 2.24) is 20.9 Å². The molecule has 3 heterocycles. The fraction of sp³-hybridized carbons (Fsp3) is 0.609. The van der Waals surface area contributed by atoms with Crippen molar-refractivity contribution < 1.29 is 14.4 Å². The van der Waals surface area contributed by atoms with E-state index in [9.17, 15) is 14.4 Å². The van der Waals surface area contributed by atoms with Gasteiger partial charge in [-0.05, 0) is 54.3 Å². The van der Waals surface area contributed by atoms with E-state index in [0.717, 1.165) is 24.2 Å². The van der Waals surface area contributed by atoms with Gasteiger partial charge >= 0.3 is 0 Å². The van der Waals surface area contributed by atoms with Crippen LogP contribution in [0.25, 0.3) is 0 Å². The van der Waals surface area contributed by atoms with Crippen LogP contribution in [0.15, 0.2) is 18.2 Å². The summed E-state index contributed by atoms with van der Waals surface area (Å²) in [5.74, 6) is -0.0602. The first-order valence-corrected chi connectivity index (χ1v) is 11.1. The first kappa shape index (κ1) is 19.7. The number of fused-ring (bicyclic) bond motifs is 2. The van der Waals surface area contributed by atoms with Gasteiger partial charge in [-0.25, -0.2) is 0 Å². The van der Waals surface area contributed by atoms with Gasteiger partial charge in [-0.3, -0.25) is 19.7 Å². The van der Waals surface area contributed by atoms with Crippen LogP contribution in [-0.2, 0) is 22.7 Å². The molecule has 1 aromatic carbocycles. The molecule has 0 radical (unpaired) electrons. The third-order valence-corrected chi connectivity index (χ3v) is 7.66. The van der Waals surface area contributed by atoms with Crippen LogP contribution in [0, 0.1) is 11.3 Å². The van der Waals surface area contributed by atoms with Crippen molar-refractivity contribution in [3.8, 4) is 0 Å². The first-order chi connectivity index (χ1) is 14.4. The van der Waals surface area contributed by atoms with Crippen molar-refractivity contribution in [3.63, 3.8) is 0 Å². The Bertz CT molecular complexity index is 912. The molecule has 1 saturated carbocycles. The Balaban J connectivity index is 1.26. The zero-order chi connectivity index (χ0) is 21.0. The minimum Gasteiger partial charge on any atom is -0.322 e. The van der Waals surface area contributed by atoms with Gasteiger partial charge in [0.1, 0.15) is 6.04 Å². The minimum absolute atomic E-state index is 0.109. The summed E-state index contributed by atoms with van der Waals surface area (Å²) in [5, 5.41) is 9.78. The van der Waals surface area contributed by atoms with Gasteiger partial charge in [-0.2, -0.15) is 0 Å². The predicted octanol–water partition coefficient (Wildman–Crippen LogP) is 1.31. The van der Waals surface area contributed by atoms with Crippen LogP contribution in [-0.4, -0.2) is 47.3 Å². The summed E-state index contributed by atoms with van der Waals surface area (Å²) in [6, 6.07) is 6.56. The first-order valence-electron chi connectivity index (χ1n) is 11.1. The normalized spacial score (nSPS) is 32.3. The standard InChI is InChI=1S/C23H30N4O3/c1-23(2)19-15(4-3-9-24-19)20(23)25-11-13-5-6-14-12-27(22(30)16(14)10-13)17-7-8-18(28)26-21(17)29/h5-6,10,15,17,19-20,24-25H,3-4,7-9,11-12H2,1-2H3,(H,26,28,29). The summed E-state index contributed by atoms with van der Waals surface area (Å²) >= 11 is 0. The number of benzene rings is 1. The molecule has 3 N–H and O–H groups in total. The van der Waals surface area contributed by atoms with Crippen molar-refractivity contribution >= 4 is 17.7 Å². The zero-order valence-electron chi connectivity index (χ0n) is 17.7. The maximum Gasteiger partial charge on any atom is 0.255 e. The van der Waals surface area contributed by atoms with Gasteiger partial charge < -0.3 is 15.5 Å². The Labute approximate surface area is 177 Å². The van der Waals surface area contributed by atoms with Gasteiger partial charge in [-0.1, -0.05) is 26.0 Å². The lowest BCUT2D eigenvalue weighted by Gasteiger charge is -2.61. The van der Waals surface area contributed by atoms with E-state index in [1.165, 1.54) is 12.8 Å². The molecule has 0 spiro atoms. The number of hydrogen-bond acceptors (Lipinski definition) is 5. The highest BCUT2D eigenvalue weighted by Gasteiger charge is 2.56. The highest BCUT2D eigenvalue weighted by molar-refractivity contribution is 6.05. The number of amides is 3. The highest BCUT2D eigenvalue weighted by Crippen LogP contribution is 2.49. The largest absolute Gasteiger partial charge is 0.322 e. The van der Waals surface area contributed by atoms with Crippen molar-refractivity contribution in [3.05, 3.63) is 34.9 Å². The third-order valence-electron chi connectivity index (χ3n) is 7.66. The van der Waals surface area contributed by atoms with Crippen molar-refractivity contribution in [2.45, 2.75) is 70.7 Å². The quantitative estimate of drug-likeness (QED) is 0.652. The molecule has 4 aliphatic rings. The number of piperidine rings is 2. The summed E-state index contributed by atoms with van der Waals surface area (Å²) in [6.07, 6.45) is 3.17. The summed E-state index contributed by atoms with van der Waals surface area (Å²) in [7, 11) is 0. The summed E-state index contributed by atoms with van der Waals surface area (Å²) in [5.41, 5.74) is 2.95. The number of carbonyl (C=O) groups excluding carboxylic acids is 3. The second kappa shape index (κ2) is 7.17. The second-order valence-electron chi connectivity index (χ2n) is 9.81. The molecule has 3 fully saturated rings. The van der Waals surface area contributed by atoms with Crippen LogP contribution in [0.1, 0.15) is 61.0 Å². The molecule has 160 valence electrons. The van der Waals surface area contributed by atoms with E-state index in [-0.39, 0.29) is 29.6 Å². The Morgan fingerprint density at radius 2 is 2.03 bits per heavy atom. The van der Waals surface area contributed by atoms with Gasteiger partial charge in [-0.15, -0.1) is 0 Å². The van der Waals surface area contributed by atoms with Gasteiger partial charge in [0.25, 0.3) is 5.91 Å². The lowest BCUT2D eigenvalue weighted by atomic mass is 9.53. The fourth-order valence-corrected chi connectivity index (χ4v) is 6.07. The van der Waals surface area contributed by atoms with Crippen LogP contribution in [0.3, 0.4) is 0 Å². The number of imide groups is 1. The topological polar surface area (TPSA) is 90.5 Å². The van der Waals surface area contributed by atoms with Crippen molar-refractivity contribution in [2.24, 2.45) is 11.3 Å². The highest BCUT2D eigenvalue weighted by atomic mass is 16.2. The maximum atomic E-state index is 13.0. The lowest BCUT2D eigenvalue weighted by molar-refractivity contribution is -0.136. The maximum absolute atomic E-state index is 13.0. The lowest BCUT2D eigenvalue weighted by Crippen LogP contribution is -2.73. The molecule has 7 heteroatoms.